The zero-order valence-electron chi connectivity index (χ0n) is 7.59. The maximum Gasteiger partial charge on any atom is 0.241 e. The van der Waals surface area contributed by atoms with Crippen LogP contribution in [0.1, 0.15) is 11.6 Å². The molecule has 2 N–H and O–H groups in total. The minimum absolute atomic E-state index is 0.165. The number of hydrogen-bond acceptors (Lipinski definition) is 2. The molecule has 1 amide bonds. The van der Waals surface area contributed by atoms with Crippen LogP contribution in [0.3, 0.4) is 0 Å². The van der Waals surface area contributed by atoms with Crippen molar-refractivity contribution < 1.29 is 9.18 Å². The van der Waals surface area contributed by atoms with Crippen LogP contribution in [0.15, 0.2) is 24.3 Å². The Morgan fingerprint density at radius 1 is 1.29 bits per heavy atom. The molecule has 1 aliphatic rings. The SMILES string of the molecule is O=C1NCCN[C@H]1c1ccccc1F. The molecule has 3 nitrogen and oxygen atoms in total. The fourth-order valence-electron chi connectivity index (χ4n) is 1.56. The summed E-state index contributed by atoms with van der Waals surface area (Å²) in [5.74, 6) is -0.511. The van der Waals surface area contributed by atoms with Crippen LogP contribution in [0.25, 0.3) is 0 Å². The molecule has 0 saturated carbocycles. The Kier molecular flexibility index (Phi) is 2.45. The lowest BCUT2D eigenvalue weighted by atomic mass is 10.0. The molecule has 1 fully saturated rings. The first-order valence-corrected chi connectivity index (χ1v) is 4.54. The molecule has 1 saturated heterocycles. The number of nitrogens with one attached hydrogen (secondary N) is 2. The molecule has 1 heterocycles. The van der Waals surface area contributed by atoms with Crippen LogP contribution in [-0.4, -0.2) is 19.0 Å². The van der Waals surface area contributed by atoms with Gasteiger partial charge in [-0.25, -0.2) is 4.39 Å². The number of piperazine rings is 1. The van der Waals surface area contributed by atoms with E-state index in [0.29, 0.717) is 18.7 Å². The molecule has 0 aromatic heterocycles. The predicted octanol–water partition coefficient (Wildman–Crippen LogP) is 0.586. The summed E-state index contributed by atoms with van der Waals surface area (Å²) in [5.41, 5.74) is 0.407. The van der Waals surface area contributed by atoms with Gasteiger partial charge in [-0.05, 0) is 6.07 Å². The summed E-state index contributed by atoms with van der Waals surface area (Å²) >= 11 is 0. The molecule has 14 heavy (non-hydrogen) atoms. The summed E-state index contributed by atoms with van der Waals surface area (Å²) in [7, 11) is 0. The van der Waals surface area contributed by atoms with Crippen molar-refractivity contribution in [2.75, 3.05) is 13.1 Å². The molecule has 1 aromatic rings. The Labute approximate surface area is 81.3 Å². The number of hydrogen-bond donors (Lipinski definition) is 2. The quantitative estimate of drug-likeness (QED) is 0.686. The van der Waals surface area contributed by atoms with E-state index in [1.807, 2.05) is 0 Å². The second-order valence-corrected chi connectivity index (χ2v) is 3.20. The summed E-state index contributed by atoms with van der Waals surface area (Å²) in [6.45, 7) is 1.27. The van der Waals surface area contributed by atoms with Crippen LogP contribution >= 0.6 is 0 Å². The maximum absolute atomic E-state index is 13.3. The Morgan fingerprint density at radius 3 is 2.79 bits per heavy atom. The van der Waals surface area contributed by atoms with Crippen LogP contribution in [0.2, 0.25) is 0 Å². The summed E-state index contributed by atoms with van der Waals surface area (Å²) in [5, 5.41) is 5.66. The Bertz CT molecular complexity index is 354. The van der Waals surface area contributed by atoms with E-state index in [1.165, 1.54) is 6.07 Å². The minimum Gasteiger partial charge on any atom is -0.353 e. The molecular weight excluding hydrogens is 183 g/mol. The molecule has 74 valence electrons. The van der Waals surface area contributed by atoms with Crippen LogP contribution in [0.5, 0.6) is 0 Å². The molecule has 0 unspecified atom stereocenters. The highest BCUT2D eigenvalue weighted by atomic mass is 19.1. The van der Waals surface area contributed by atoms with Crippen molar-refractivity contribution >= 4 is 5.91 Å². The van der Waals surface area contributed by atoms with Crippen LogP contribution in [-0.2, 0) is 4.79 Å². The van der Waals surface area contributed by atoms with Crippen molar-refractivity contribution in [3.8, 4) is 0 Å². The van der Waals surface area contributed by atoms with Crippen molar-refractivity contribution in [1.29, 1.82) is 0 Å². The molecule has 1 atom stereocenters. The fourth-order valence-corrected chi connectivity index (χ4v) is 1.56. The summed E-state index contributed by atoms with van der Waals surface area (Å²) in [4.78, 5) is 11.4. The summed E-state index contributed by atoms with van der Waals surface area (Å²) < 4.78 is 13.3. The van der Waals surface area contributed by atoms with Gasteiger partial charge in [0, 0.05) is 18.7 Å². The second-order valence-electron chi connectivity index (χ2n) is 3.20. The fraction of sp³-hybridized carbons (Fsp3) is 0.300. The molecule has 0 spiro atoms. The van der Waals surface area contributed by atoms with Crippen molar-refractivity contribution in [1.82, 2.24) is 10.6 Å². The summed E-state index contributed by atoms with van der Waals surface area (Å²) in [6, 6.07) is 5.77. The normalized spacial score (nSPS) is 21.8. The third-order valence-electron chi connectivity index (χ3n) is 2.25. The molecule has 1 aliphatic heterocycles. The standard InChI is InChI=1S/C10H11FN2O/c11-8-4-2-1-3-7(8)9-10(14)13-6-5-12-9/h1-4,9,12H,5-6H2,(H,13,14)/t9-/m0/s1. The molecule has 4 heteroatoms. The number of rotatable bonds is 1. The average Bonchev–Trinajstić information content (AvgIpc) is 2.20. The maximum atomic E-state index is 13.3. The lowest BCUT2D eigenvalue weighted by molar-refractivity contribution is -0.124. The van der Waals surface area contributed by atoms with Gasteiger partial charge in [0.2, 0.25) is 5.91 Å². The van der Waals surface area contributed by atoms with Gasteiger partial charge in [0.15, 0.2) is 0 Å². The first-order chi connectivity index (χ1) is 6.79. The van der Waals surface area contributed by atoms with Gasteiger partial charge >= 0.3 is 0 Å². The van der Waals surface area contributed by atoms with Gasteiger partial charge in [-0.2, -0.15) is 0 Å². The van der Waals surface area contributed by atoms with Gasteiger partial charge in [-0.1, -0.05) is 18.2 Å². The molecule has 0 bridgehead atoms. The van der Waals surface area contributed by atoms with E-state index in [2.05, 4.69) is 10.6 Å². The lowest BCUT2D eigenvalue weighted by Crippen LogP contribution is -2.47. The zero-order chi connectivity index (χ0) is 9.97. The largest absolute Gasteiger partial charge is 0.353 e. The van der Waals surface area contributed by atoms with Crippen molar-refractivity contribution in [3.63, 3.8) is 0 Å². The van der Waals surface area contributed by atoms with Crippen molar-refractivity contribution in [2.45, 2.75) is 6.04 Å². The predicted molar refractivity (Wildman–Crippen MR) is 50.2 cm³/mol. The first-order valence-electron chi connectivity index (χ1n) is 4.54. The van der Waals surface area contributed by atoms with Gasteiger partial charge in [0.05, 0.1) is 0 Å². The molecule has 0 aliphatic carbocycles. The van der Waals surface area contributed by atoms with Crippen molar-refractivity contribution in [2.24, 2.45) is 0 Å². The van der Waals surface area contributed by atoms with E-state index in [1.54, 1.807) is 18.2 Å². The van der Waals surface area contributed by atoms with Gasteiger partial charge < -0.3 is 10.6 Å². The molecular formula is C10H11FN2O. The molecule has 0 radical (unpaired) electrons. The van der Waals surface area contributed by atoms with E-state index in [4.69, 9.17) is 0 Å². The van der Waals surface area contributed by atoms with Crippen molar-refractivity contribution in [3.05, 3.63) is 35.6 Å². The number of benzene rings is 1. The number of carbonyl (C=O) groups excluding carboxylic acids is 1. The molecule has 1 aromatic carbocycles. The highest BCUT2D eigenvalue weighted by Crippen LogP contribution is 2.17. The zero-order valence-corrected chi connectivity index (χ0v) is 7.59. The van der Waals surface area contributed by atoms with Crippen LogP contribution < -0.4 is 10.6 Å². The lowest BCUT2D eigenvalue weighted by Gasteiger charge is -2.23. The molecule has 2 rings (SSSR count). The Hall–Kier alpha value is -1.42. The van der Waals surface area contributed by atoms with Gasteiger partial charge in [0.1, 0.15) is 11.9 Å². The number of halogens is 1. The Balaban J connectivity index is 2.29. The second kappa shape index (κ2) is 3.75. The summed E-state index contributed by atoms with van der Waals surface area (Å²) in [6.07, 6.45) is 0. The average molecular weight is 194 g/mol. The van der Waals surface area contributed by atoms with E-state index >= 15 is 0 Å². The van der Waals surface area contributed by atoms with Gasteiger partial charge in [-0.3, -0.25) is 4.79 Å². The van der Waals surface area contributed by atoms with Gasteiger partial charge in [-0.15, -0.1) is 0 Å². The van der Waals surface area contributed by atoms with Crippen LogP contribution in [0, 0.1) is 5.82 Å². The smallest absolute Gasteiger partial charge is 0.241 e. The number of carbonyl (C=O) groups is 1. The topological polar surface area (TPSA) is 41.1 Å². The van der Waals surface area contributed by atoms with Crippen LogP contribution in [0.4, 0.5) is 4.39 Å². The van der Waals surface area contributed by atoms with E-state index in [-0.39, 0.29) is 11.7 Å². The highest BCUT2D eigenvalue weighted by Gasteiger charge is 2.25. The van der Waals surface area contributed by atoms with E-state index in [0.717, 1.165) is 0 Å². The van der Waals surface area contributed by atoms with E-state index < -0.39 is 6.04 Å². The number of amides is 1. The third-order valence-corrected chi connectivity index (χ3v) is 2.25. The third kappa shape index (κ3) is 1.61. The first kappa shape index (κ1) is 9.15. The highest BCUT2D eigenvalue weighted by molar-refractivity contribution is 5.83. The monoisotopic (exact) mass is 194 g/mol. The minimum atomic E-state index is -0.551. The van der Waals surface area contributed by atoms with Gasteiger partial charge in [0.25, 0.3) is 0 Å². The van der Waals surface area contributed by atoms with E-state index in [9.17, 15) is 9.18 Å². The Morgan fingerprint density at radius 2 is 2.07 bits per heavy atom.